The van der Waals surface area contributed by atoms with Crippen molar-refractivity contribution < 1.29 is 19.1 Å². The van der Waals surface area contributed by atoms with E-state index in [9.17, 15) is 9.59 Å². The molecule has 29 heavy (non-hydrogen) atoms. The fraction of sp³-hybridized carbons (Fsp3) is 0.652. The number of benzene rings is 1. The van der Waals surface area contributed by atoms with Crippen LogP contribution in [0.15, 0.2) is 24.3 Å². The van der Waals surface area contributed by atoms with E-state index >= 15 is 0 Å². The predicted octanol–water partition coefficient (Wildman–Crippen LogP) is 2.75. The van der Waals surface area contributed by atoms with Crippen LogP contribution in [0.5, 0.6) is 5.75 Å². The van der Waals surface area contributed by atoms with Gasteiger partial charge in [-0.25, -0.2) is 4.79 Å². The molecule has 1 spiro atoms. The number of ketones is 1. The minimum Gasteiger partial charge on any atom is -0.496 e. The van der Waals surface area contributed by atoms with Gasteiger partial charge in [-0.2, -0.15) is 0 Å². The molecule has 3 saturated heterocycles. The van der Waals surface area contributed by atoms with Crippen LogP contribution in [-0.2, 0) is 16.0 Å². The summed E-state index contributed by atoms with van der Waals surface area (Å²) >= 11 is 0. The fourth-order valence-corrected chi connectivity index (χ4v) is 6.00. The molecular weight excluding hydrogens is 368 g/mol. The second-order valence-electron chi connectivity index (χ2n) is 9.52. The number of amides is 2. The van der Waals surface area contributed by atoms with Crippen LogP contribution in [0.3, 0.4) is 0 Å². The molecule has 1 aromatic carbocycles. The quantitative estimate of drug-likeness (QED) is 0.786. The molecule has 1 aromatic rings. The number of piperidine rings is 1. The van der Waals surface area contributed by atoms with E-state index < -0.39 is 0 Å². The van der Waals surface area contributed by atoms with E-state index in [0.717, 1.165) is 38.2 Å². The first-order valence-electron chi connectivity index (χ1n) is 10.8. The number of Topliss-reactive ketones (excluding diaryl/α,β-unsaturated/α-hetero) is 1. The molecule has 0 unspecified atom stereocenters. The van der Waals surface area contributed by atoms with Gasteiger partial charge in [-0.15, -0.1) is 0 Å². The predicted molar refractivity (Wildman–Crippen MR) is 108 cm³/mol. The molecule has 2 atom stereocenters. The lowest BCUT2D eigenvalue weighted by Crippen LogP contribution is -2.66. The van der Waals surface area contributed by atoms with E-state index in [0.29, 0.717) is 24.3 Å². The van der Waals surface area contributed by atoms with Gasteiger partial charge in [0.15, 0.2) is 5.78 Å². The summed E-state index contributed by atoms with van der Waals surface area (Å²) in [6, 6.07) is 8.42. The molecule has 0 aromatic heterocycles. The maximum atomic E-state index is 12.9. The Hall–Kier alpha value is -2.08. The fourth-order valence-electron chi connectivity index (χ4n) is 6.00. The van der Waals surface area contributed by atoms with Gasteiger partial charge in [-0.05, 0) is 43.2 Å². The van der Waals surface area contributed by atoms with Crippen molar-refractivity contribution >= 4 is 11.8 Å². The minimum atomic E-state index is 0.153. The zero-order chi connectivity index (χ0) is 20.0. The molecule has 1 aliphatic carbocycles. The van der Waals surface area contributed by atoms with Gasteiger partial charge in [0.05, 0.1) is 13.2 Å². The topological polar surface area (TPSA) is 59.1 Å². The summed E-state index contributed by atoms with van der Waals surface area (Å²) in [5, 5.41) is 0. The number of carbonyl (C=O) groups is 2. The first kappa shape index (κ1) is 18.9. The van der Waals surface area contributed by atoms with Crippen LogP contribution < -0.4 is 4.74 Å². The largest absolute Gasteiger partial charge is 0.496 e. The van der Waals surface area contributed by atoms with E-state index in [2.05, 4.69) is 12.1 Å². The lowest BCUT2D eigenvalue weighted by molar-refractivity contribution is -0.140. The van der Waals surface area contributed by atoms with E-state index in [4.69, 9.17) is 9.47 Å². The van der Waals surface area contributed by atoms with Crippen molar-refractivity contribution in [2.24, 2.45) is 17.3 Å². The Bertz CT molecular complexity index is 796. The molecule has 3 heterocycles. The summed E-state index contributed by atoms with van der Waals surface area (Å²) < 4.78 is 11.1. The van der Waals surface area contributed by atoms with E-state index in [1.165, 1.54) is 18.4 Å². The van der Waals surface area contributed by atoms with Gasteiger partial charge in [0.25, 0.3) is 0 Å². The zero-order valence-corrected chi connectivity index (χ0v) is 17.1. The zero-order valence-electron chi connectivity index (χ0n) is 17.1. The molecule has 0 N–H and O–H groups in total. The number of hydrogen-bond donors (Lipinski definition) is 0. The Kier molecular flexibility index (Phi) is 4.77. The molecule has 5 rings (SSSR count). The van der Waals surface area contributed by atoms with Gasteiger partial charge in [0.1, 0.15) is 12.4 Å². The highest BCUT2D eigenvalue weighted by molar-refractivity contribution is 5.81. The molecule has 3 aliphatic heterocycles. The van der Waals surface area contributed by atoms with Crippen molar-refractivity contribution in [2.75, 3.05) is 39.9 Å². The van der Waals surface area contributed by atoms with E-state index in [-0.39, 0.29) is 30.4 Å². The standard InChI is InChI=1S/C23H30N2O4/c1-28-20-5-3-2-4-17(20)8-16-10-23(11-16)14-25(15-23)22(27)24-7-6-21-18(12-24)9-19(26)13-29-21/h2-5,16,18,21H,6-15H2,1H3/t18-,21+/m1/s1. The third kappa shape index (κ3) is 3.52. The lowest BCUT2D eigenvalue weighted by atomic mass is 9.56. The molecule has 4 fully saturated rings. The number of rotatable bonds is 3. The van der Waals surface area contributed by atoms with Crippen molar-refractivity contribution in [1.82, 2.24) is 9.80 Å². The van der Waals surface area contributed by atoms with Crippen molar-refractivity contribution in [2.45, 2.75) is 38.2 Å². The van der Waals surface area contributed by atoms with Crippen molar-refractivity contribution in [3.05, 3.63) is 29.8 Å². The maximum Gasteiger partial charge on any atom is 0.320 e. The number of ether oxygens (including phenoxy) is 2. The van der Waals surface area contributed by atoms with Crippen LogP contribution in [0.2, 0.25) is 0 Å². The average molecular weight is 399 g/mol. The Morgan fingerprint density at radius 2 is 2.03 bits per heavy atom. The first-order valence-corrected chi connectivity index (χ1v) is 10.8. The number of urea groups is 1. The Morgan fingerprint density at radius 1 is 1.24 bits per heavy atom. The van der Waals surface area contributed by atoms with Gasteiger partial charge >= 0.3 is 6.03 Å². The highest BCUT2D eigenvalue weighted by Gasteiger charge is 2.54. The van der Waals surface area contributed by atoms with Crippen molar-refractivity contribution in [3.8, 4) is 5.75 Å². The molecule has 6 heteroatoms. The maximum absolute atomic E-state index is 12.9. The molecule has 0 radical (unpaired) electrons. The van der Waals surface area contributed by atoms with Crippen molar-refractivity contribution in [1.29, 1.82) is 0 Å². The van der Waals surface area contributed by atoms with Crippen LogP contribution >= 0.6 is 0 Å². The number of carbonyl (C=O) groups excluding carboxylic acids is 2. The van der Waals surface area contributed by atoms with Crippen LogP contribution in [0.25, 0.3) is 0 Å². The second-order valence-corrected chi connectivity index (χ2v) is 9.52. The highest BCUT2D eigenvalue weighted by atomic mass is 16.5. The first-order chi connectivity index (χ1) is 14.0. The molecular formula is C23H30N2O4. The Morgan fingerprint density at radius 3 is 2.83 bits per heavy atom. The molecule has 4 aliphatic rings. The second kappa shape index (κ2) is 7.31. The molecule has 156 valence electrons. The number of nitrogens with zero attached hydrogens (tertiary/aromatic N) is 2. The minimum absolute atomic E-state index is 0.153. The summed E-state index contributed by atoms with van der Waals surface area (Å²) in [7, 11) is 1.73. The monoisotopic (exact) mass is 398 g/mol. The van der Waals surface area contributed by atoms with Crippen LogP contribution in [0.4, 0.5) is 4.79 Å². The van der Waals surface area contributed by atoms with Gasteiger partial charge in [0.2, 0.25) is 0 Å². The smallest absolute Gasteiger partial charge is 0.320 e. The van der Waals surface area contributed by atoms with E-state index in [1.54, 1.807) is 7.11 Å². The average Bonchev–Trinajstić information content (AvgIpc) is 2.68. The summed E-state index contributed by atoms with van der Waals surface area (Å²) in [5.74, 6) is 2.01. The number of para-hydroxylation sites is 1. The summed E-state index contributed by atoms with van der Waals surface area (Å²) in [4.78, 5) is 28.6. The number of hydrogen-bond acceptors (Lipinski definition) is 4. The molecule has 6 nitrogen and oxygen atoms in total. The number of fused-ring (bicyclic) bond motifs is 1. The molecule has 2 amide bonds. The normalized spacial score (nSPS) is 28.5. The van der Waals surface area contributed by atoms with Crippen LogP contribution in [-0.4, -0.2) is 67.6 Å². The number of methoxy groups -OCH3 is 1. The number of likely N-dealkylation sites (tertiary alicyclic amines) is 2. The Labute approximate surface area is 172 Å². The highest BCUT2D eigenvalue weighted by Crippen LogP contribution is 2.53. The molecule has 1 saturated carbocycles. The lowest BCUT2D eigenvalue weighted by Gasteiger charge is -2.60. The van der Waals surface area contributed by atoms with Gasteiger partial charge in [0, 0.05) is 43.9 Å². The summed E-state index contributed by atoms with van der Waals surface area (Å²) in [6.45, 7) is 3.42. The van der Waals surface area contributed by atoms with Gasteiger partial charge in [-0.3, -0.25) is 4.79 Å². The van der Waals surface area contributed by atoms with E-state index in [1.807, 2.05) is 21.9 Å². The summed E-state index contributed by atoms with van der Waals surface area (Å²) in [6.07, 6.45) is 5.01. The Balaban J connectivity index is 1.10. The summed E-state index contributed by atoms with van der Waals surface area (Å²) in [5.41, 5.74) is 1.62. The van der Waals surface area contributed by atoms with Crippen LogP contribution in [0, 0.1) is 17.3 Å². The molecule has 0 bridgehead atoms. The van der Waals surface area contributed by atoms with Gasteiger partial charge < -0.3 is 19.3 Å². The third-order valence-corrected chi connectivity index (χ3v) is 7.35. The van der Waals surface area contributed by atoms with Gasteiger partial charge in [-0.1, -0.05) is 18.2 Å². The van der Waals surface area contributed by atoms with Crippen LogP contribution in [0.1, 0.15) is 31.2 Å². The third-order valence-electron chi connectivity index (χ3n) is 7.35. The van der Waals surface area contributed by atoms with Crippen molar-refractivity contribution in [3.63, 3.8) is 0 Å². The SMILES string of the molecule is COc1ccccc1CC1CC2(C1)CN(C(=O)N1CC[C@@H]3OCC(=O)C[C@@H]3C1)C2.